The van der Waals surface area contributed by atoms with Crippen molar-refractivity contribution in [3.05, 3.63) is 164 Å². The van der Waals surface area contributed by atoms with Crippen molar-refractivity contribution in [1.82, 2.24) is 0 Å². The van der Waals surface area contributed by atoms with Crippen LogP contribution in [0.3, 0.4) is 0 Å². The monoisotopic (exact) mass is 598 g/mol. The molecule has 0 fully saturated rings. The second kappa shape index (κ2) is 10.5. The maximum Gasteiger partial charge on any atom is 0.159 e. The first kappa shape index (κ1) is 21.1. The first-order valence-corrected chi connectivity index (χ1v) is 15.6. The number of anilines is 3. The maximum absolute atomic E-state index is 8.37. The summed E-state index contributed by atoms with van der Waals surface area (Å²) in [6.07, 6.45) is 0. The van der Waals surface area contributed by atoms with E-state index in [4.69, 9.17) is 11.3 Å². The first-order chi connectivity index (χ1) is 24.4. The van der Waals surface area contributed by atoms with Gasteiger partial charge in [0, 0.05) is 42.3 Å². The Morgan fingerprint density at radius 1 is 0.489 bits per heavy atom. The quantitative estimate of drug-likeness (QED) is 0.196. The molecule has 0 aliphatic rings. The molecule has 2 heterocycles. The lowest BCUT2D eigenvalue weighted by molar-refractivity contribution is 0.669. The second-order valence-electron chi connectivity index (χ2n) is 11.0. The van der Waals surface area contributed by atoms with Crippen LogP contribution < -0.4 is 4.90 Å². The largest absolute Gasteiger partial charge is 0.454 e. The van der Waals surface area contributed by atoms with E-state index < -0.39 is 6.04 Å². The highest BCUT2D eigenvalue weighted by molar-refractivity contribution is 7.25. The van der Waals surface area contributed by atoms with Crippen molar-refractivity contribution in [3.8, 4) is 22.3 Å². The Hall–Kier alpha value is -5.64. The van der Waals surface area contributed by atoms with Gasteiger partial charge in [-0.25, -0.2) is 0 Å². The minimum atomic E-state index is -0.394. The van der Waals surface area contributed by atoms with Crippen molar-refractivity contribution < 1.29 is 11.3 Å². The van der Waals surface area contributed by atoms with Gasteiger partial charge in [0.15, 0.2) is 5.58 Å². The van der Waals surface area contributed by atoms with Crippen LogP contribution in [0.2, 0.25) is 0 Å². The topological polar surface area (TPSA) is 16.4 Å². The summed E-state index contributed by atoms with van der Waals surface area (Å²) in [5.74, 6) is 0. The summed E-state index contributed by atoms with van der Waals surface area (Å²) in [5, 5.41) is 4.62. The summed E-state index contributed by atoms with van der Waals surface area (Å²) in [6, 6.07) is 43.9. The summed E-state index contributed by atoms with van der Waals surface area (Å²) >= 11 is 1.79. The average Bonchev–Trinajstić information content (AvgIpc) is 3.73. The highest BCUT2D eigenvalue weighted by atomic mass is 32.1. The smallest absolute Gasteiger partial charge is 0.159 e. The Morgan fingerprint density at radius 2 is 1.11 bits per heavy atom. The number of hydrogen-bond donors (Lipinski definition) is 0. The lowest BCUT2D eigenvalue weighted by Gasteiger charge is -2.26. The summed E-state index contributed by atoms with van der Waals surface area (Å²) in [6.45, 7) is 0. The van der Waals surface area contributed by atoms with Crippen molar-refractivity contribution in [3.63, 3.8) is 0 Å². The predicted molar refractivity (Wildman–Crippen MR) is 192 cm³/mol. The van der Waals surface area contributed by atoms with Gasteiger partial charge in [-0.2, -0.15) is 0 Å². The highest BCUT2D eigenvalue weighted by Gasteiger charge is 2.20. The average molecular weight is 599 g/mol. The van der Waals surface area contributed by atoms with Crippen LogP contribution in [0.4, 0.5) is 17.1 Å². The molecule has 9 rings (SSSR count). The fourth-order valence-corrected chi connectivity index (χ4v) is 7.36. The maximum atomic E-state index is 8.37. The third kappa shape index (κ3) is 4.40. The second-order valence-corrected chi connectivity index (χ2v) is 12.1. The Balaban J connectivity index is 1.15. The summed E-state index contributed by atoms with van der Waals surface area (Å²) in [5.41, 5.74) is 7.30. The zero-order valence-electron chi connectivity index (χ0n) is 29.0. The summed E-state index contributed by atoms with van der Waals surface area (Å²) < 4.78 is 49.8. The number of rotatable bonds is 5. The number of hydrogen-bond acceptors (Lipinski definition) is 3. The molecule has 0 radical (unpaired) electrons. The van der Waals surface area contributed by atoms with Crippen LogP contribution in [0.5, 0.6) is 0 Å². The van der Waals surface area contributed by atoms with Crippen LogP contribution in [0, 0.1) is 0 Å². The molecule has 0 unspecified atom stereocenters. The van der Waals surface area contributed by atoms with Gasteiger partial charge >= 0.3 is 0 Å². The number of para-hydroxylation sites is 2. The zero-order chi connectivity index (χ0) is 34.1. The van der Waals surface area contributed by atoms with Crippen molar-refractivity contribution in [2.75, 3.05) is 4.90 Å². The molecule has 45 heavy (non-hydrogen) atoms. The van der Waals surface area contributed by atoms with E-state index in [9.17, 15) is 0 Å². The van der Waals surface area contributed by atoms with E-state index in [1.807, 2.05) is 42.5 Å². The number of fused-ring (bicyclic) bond motifs is 6. The molecule has 2 nitrogen and oxygen atoms in total. The van der Waals surface area contributed by atoms with Crippen molar-refractivity contribution in [1.29, 1.82) is 0 Å². The van der Waals surface area contributed by atoms with E-state index in [2.05, 4.69) is 95.9 Å². The van der Waals surface area contributed by atoms with Crippen LogP contribution in [0.15, 0.2) is 168 Å². The fraction of sp³-hybridized carbons (Fsp3) is 0. The van der Waals surface area contributed by atoms with E-state index in [1.54, 1.807) is 11.3 Å². The van der Waals surface area contributed by atoms with Gasteiger partial charge < -0.3 is 9.32 Å². The highest BCUT2D eigenvalue weighted by Crippen LogP contribution is 2.44. The summed E-state index contributed by atoms with van der Waals surface area (Å²) in [4.78, 5) is 2.25. The van der Waals surface area contributed by atoms with Gasteiger partial charge in [-0.1, -0.05) is 121 Å². The molecule has 0 aliphatic heterocycles. The minimum Gasteiger partial charge on any atom is -0.454 e. The van der Waals surface area contributed by atoms with Crippen molar-refractivity contribution in [2.24, 2.45) is 0 Å². The van der Waals surface area contributed by atoms with Crippen LogP contribution >= 0.6 is 11.3 Å². The van der Waals surface area contributed by atoms with Crippen LogP contribution in [0.1, 0.15) is 6.85 Å². The minimum absolute atomic E-state index is 0.198. The lowest BCUT2D eigenvalue weighted by Crippen LogP contribution is -2.10. The van der Waals surface area contributed by atoms with Crippen LogP contribution in [0.25, 0.3) is 64.4 Å². The Bertz CT molecular complexity index is 2740. The number of benzene rings is 7. The normalized spacial score (nSPS) is 13.1. The molecule has 2 aromatic heterocycles. The fourth-order valence-electron chi connectivity index (χ4n) is 6.22. The molecule has 0 bridgehead atoms. The molecule has 9 aromatic rings. The predicted octanol–water partition coefficient (Wildman–Crippen LogP) is 12.8. The van der Waals surface area contributed by atoms with Gasteiger partial charge in [0.25, 0.3) is 0 Å². The summed E-state index contributed by atoms with van der Waals surface area (Å²) in [7, 11) is 0. The van der Waals surface area contributed by atoms with Gasteiger partial charge in [0.1, 0.15) is 5.58 Å². The van der Waals surface area contributed by atoms with Gasteiger partial charge in [-0.15, -0.1) is 11.3 Å². The molecule has 7 aromatic carbocycles. The van der Waals surface area contributed by atoms with Gasteiger partial charge in [0.05, 0.1) is 12.5 Å². The molecule has 0 saturated heterocycles. The number of thiophene rings is 1. The lowest BCUT2D eigenvalue weighted by atomic mass is 10.00. The third-order valence-corrected chi connectivity index (χ3v) is 9.51. The standard InChI is InChI=1S/C42H27NOS/c1-2-9-28(10-3-1)29-17-19-30(20-18-29)31-21-23-32(24-22-31)43(33-25-26-36-35-12-5-7-16-40(35)45-41(36)27-33)38-14-8-13-37-34-11-4-6-15-39(34)44-42(37)38/h1-27H/i1D,2D,3D,9D,10D. The van der Waals surface area contributed by atoms with E-state index in [0.29, 0.717) is 5.56 Å². The van der Waals surface area contributed by atoms with Crippen LogP contribution in [-0.2, 0) is 0 Å². The van der Waals surface area contributed by atoms with Gasteiger partial charge in [-0.3, -0.25) is 0 Å². The van der Waals surface area contributed by atoms with Crippen molar-refractivity contribution >= 4 is 70.5 Å². The Kier molecular flexibility index (Phi) is 4.94. The molecule has 0 amide bonds. The molecular formula is C42H27NOS. The Morgan fingerprint density at radius 3 is 1.91 bits per heavy atom. The van der Waals surface area contributed by atoms with Crippen molar-refractivity contribution in [2.45, 2.75) is 0 Å². The molecule has 0 saturated carbocycles. The SMILES string of the molecule is [2H]c1c([2H])c([2H])c(-c2ccc(-c3ccc(N(c4ccc5c(c4)sc4ccccc45)c4cccc5c4oc4ccccc45)cc3)cc2)c([2H])c1[2H]. The molecule has 0 spiro atoms. The molecule has 0 N–H and O–H groups in total. The van der Waals surface area contributed by atoms with E-state index in [1.165, 1.54) is 20.2 Å². The van der Waals surface area contributed by atoms with E-state index >= 15 is 0 Å². The first-order valence-electron chi connectivity index (χ1n) is 17.3. The van der Waals surface area contributed by atoms with Crippen LogP contribution in [-0.4, -0.2) is 0 Å². The molecule has 0 aliphatic carbocycles. The molecular weight excluding hydrogens is 567 g/mol. The number of nitrogens with zero attached hydrogens (tertiary/aromatic N) is 1. The Labute approximate surface area is 272 Å². The molecule has 0 atom stereocenters. The van der Waals surface area contributed by atoms with Gasteiger partial charge in [0.2, 0.25) is 0 Å². The third-order valence-electron chi connectivity index (χ3n) is 8.38. The zero-order valence-corrected chi connectivity index (χ0v) is 24.8. The molecule has 212 valence electrons. The van der Waals surface area contributed by atoms with E-state index in [0.717, 1.165) is 50.1 Å². The van der Waals surface area contributed by atoms with Gasteiger partial charge in [-0.05, 0) is 64.7 Å². The number of furan rings is 1. The molecule has 3 heteroatoms. The van der Waals surface area contributed by atoms with E-state index in [-0.39, 0.29) is 29.7 Å².